The summed E-state index contributed by atoms with van der Waals surface area (Å²) in [6.45, 7) is 8.74. The standard InChI is InChI=1S/C36H40FN3O4S/c1-25(2)38-36(42)34(22-29-9-7-6-8-10-29)39(23-30-14-16-31(37)17-15-30)35(41)24-40(32-18-13-27(4)28(5)21-32)45(43,44)33-19-11-26(3)12-20-33/h6-21,25,34H,22-24H2,1-5H3,(H,38,42)/t34-/m0/s1. The van der Waals surface area contributed by atoms with Crippen LogP contribution in [-0.4, -0.2) is 43.8 Å². The third-order valence-electron chi connectivity index (χ3n) is 7.63. The number of anilines is 1. The Morgan fingerprint density at radius 3 is 2.04 bits per heavy atom. The summed E-state index contributed by atoms with van der Waals surface area (Å²) >= 11 is 0. The number of nitrogens with one attached hydrogen (secondary N) is 1. The van der Waals surface area contributed by atoms with Crippen LogP contribution in [0.3, 0.4) is 0 Å². The molecule has 0 aliphatic rings. The average molecular weight is 630 g/mol. The van der Waals surface area contributed by atoms with Gasteiger partial charge in [0.15, 0.2) is 0 Å². The Labute approximate surface area is 265 Å². The summed E-state index contributed by atoms with van der Waals surface area (Å²) in [5.41, 5.74) is 4.50. The van der Waals surface area contributed by atoms with Crippen molar-refractivity contribution >= 4 is 27.5 Å². The molecule has 7 nitrogen and oxygen atoms in total. The van der Waals surface area contributed by atoms with Crippen molar-refractivity contribution in [3.63, 3.8) is 0 Å². The zero-order valence-electron chi connectivity index (χ0n) is 26.3. The molecule has 0 radical (unpaired) electrons. The minimum Gasteiger partial charge on any atom is -0.352 e. The van der Waals surface area contributed by atoms with Crippen molar-refractivity contribution in [1.29, 1.82) is 0 Å². The van der Waals surface area contributed by atoms with E-state index in [0.29, 0.717) is 11.3 Å². The fourth-order valence-electron chi connectivity index (χ4n) is 4.97. The van der Waals surface area contributed by atoms with Crippen molar-refractivity contribution in [1.82, 2.24) is 10.2 Å². The number of carbonyl (C=O) groups is 2. The summed E-state index contributed by atoms with van der Waals surface area (Å²) < 4.78 is 43.3. The van der Waals surface area contributed by atoms with E-state index in [1.807, 2.05) is 71.0 Å². The van der Waals surface area contributed by atoms with Crippen molar-refractivity contribution in [2.45, 2.75) is 64.6 Å². The number of amides is 2. The largest absolute Gasteiger partial charge is 0.352 e. The number of hydrogen-bond acceptors (Lipinski definition) is 4. The highest BCUT2D eigenvalue weighted by Gasteiger charge is 2.35. The highest BCUT2D eigenvalue weighted by atomic mass is 32.2. The lowest BCUT2D eigenvalue weighted by Gasteiger charge is -2.34. The van der Waals surface area contributed by atoms with E-state index in [0.717, 1.165) is 26.6 Å². The number of carbonyl (C=O) groups excluding carboxylic acids is 2. The molecular weight excluding hydrogens is 589 g/mol. The van der Waals surface area contributed by atoms with Crippen LogP contribution in [-0.2, 0) is 32.6 Å². The summed E-state index contributed by atoms with van der Waals surface area (Å²) in [5, 5.41) is 2.93. The molecule has 0 aliphatic heterocycles. The van der Waals surface area contributed by atoms with Gasteiger partial charge in [-0.2, -0.15) is 0 Å². The van der Waals surface area contributed by atoms with E-state index in [1.165, 1.54) is 29.2 Å². The summed E-state index contributed by atoms with van der Waals surface area (Å²) in [5.74, 6) is -1.38. The van der Waals surface area contributed by atoms with Crippen LogP contribution in [0.1, 0.15) is 41.7 Å². The zero-order chi connectivity index (χ0) is 32.7. The lowest BCUT2D eigenvalue weighted by molar-refractivity contribution is -0.140. The second-order valence-corrected chi connectivity index (χ2v) is 13.5. The van der Waals surface area contributed by atoms with Crippen LogP contribution in [0, 0.1) is 26.6 Å². The van der Waals surface area contributed by atoms with Crippen molar-refractivity contribution in [2.75, 3.05) is 10.8 Å². The molecule has 0 fully saturated rings. The fraction of sp³-hybridized carbons (Fsp3) is 0.278. The van der Waals surface area contributed by atoms with Crippen LogP contribution in [0.5, 0.6) is 0 Å². The molecule has 45 heavy (non-hydrogen) atoms. The molecule has 0 saturated carbocycles. The van der Waals surface area contributed by atoms with E-state index >= 15 is 0 Å². The predicted octanol–water partition coefficient (Wildman–Crippen LogP) is 6.11. The number of sulfonamides is 1. The minimum atomic E-state index is -4.20. The molecule has 0 spiro atoms. The molecule has 9 heteroatoms. The third kappa shape index (κ3) is 8.57. The maximum atomic E-state index is 14.5. The third-order valence-corrected chi connectivity index (χ3v) is 9.42. The molecule has 0 heterocycles. The highest BCUT2D eigenvalue weighted by molar-refractivity contribution is 7.92. The maximum Gasteiger partial charge on any atom is 0.264 e. The van der Waals surface area contributed by atoms with Gasteiger partial charge in [0.2, 0.25) is 11.8 Å². The Morgan fingerprint density at radius 2 is 1.44 bits per heavy atom. The van der Waals surface area contributed by atoms with Gasteiger partial charge < -0.3 is 10.2 Å². The van der Waals surface area contributed by atoms with Crippen LogP contribution in [0.15, 0.2) is 102 Å². The highest BCUT2D eigenvalue weighted by Crippen LogP contribution is 2.27. The minimum absolute atomic E-state index is 0.0343. The summed E-state index contributed by atoms with van der Waals surface area (Å²) in [6, 6.07) is 25.5. The van der Waals surface area contributed by atoms with E-state index in [1.54, 1.807) is 36.4 Å². The van der Waals surface area contributed by atoms with Crippen LogP contribution < -0.4 is 9.62 Å². The van der Waals surface area contributed by atoms with E-state index < -0.39 is 34.3 Å². The fourth-order valence-corrected chi connectivity index (χ4v) is 6.37. The first kappa shape index (κ1) is 33.4. The van der Waals surface area contributed by atoms with Crippen LogP contribution in [0.25, 0.3) is 0 Å². The van der Waals surface area contributed by atoms with Crippen LogP contribution in [0.2, 0.25) is 0 Å². The monoisotopic (exact) mass is 629 g/mol. The first-order chi connectivity index (χ1) is 21.3. The van der Waals surface area contributed by atoms with E-state index in [4.69, 9.17) is 0 Å². The van der Waals surface area contributed by atoms with Gasteiger partial charge in [0, 0.05) is 19.0 Å². The molecule has 1 N–H and O–H groups in total. The van der Waals surface area contributed by atoms with Gasteiger partial charge in [-0.1, -0.05) is 66.2 Å². The molecule has 4 rings (SSSR count). The van der Waals surface area contributed by atoms with Crippen molar-refractivity contribution in [3.8, 4) is 0 Å². The summed E-state index contributed by atoms with van der Waals surface area (Å²) in [4.78, 5) is 29.7. The molecule has 0 aromatic heterocycles. The van der Waals surface area contributed by atoms with Gasteiger partial charge in [-0.05, 0) is 93.3 Å². The summed E-state index contributed by atoms with van der Waals surface area (Å²) in [7, 11) is -4.20. The summed E-state index contributed by atoms with van der Waals surface area (Å²) in [6.07, 6.45) is 0.195. The van der Waals surface area contributed by atoms with Gasteiger partial charge in [-0.15, -0.1) is 0 Å². The van der Waals surface area contributed by atoms with Gasteiger partial charge in [0.05, 0.1) is 10.6 Å². The predicted molar refractivity (Wildman–Crippen MR) is 176 cm³/mol. The Hall–Kier alpha value is -4.50. The Morgan fingerprint density at radius 1 is 0.800 bits per heavy atom. The normalized spacial score (nSPS) is 12.1. The molecule has 236 valence electrons. The van der Waals surface area contributed by atoms with Gasteiger partial charge in [-0.25, -0.2) is 12.8 Å². The Kier molecular flexibility index (Phi) is 10.8. The molecule has 0 bridgehead atoms. The van der Waals surface area contributed by atoms with Gasteiger partial charge in [0.25, 0.3) is 10.0 Å². The number of aryl methyl sites for hydroxylation is 3. The molecule has 0 aliphatic carbocycles. The molecule has 4 aromatic rings. The first-order valence-corrected chi connectivity index (χ1v) is 16.3. The molecule has 0 saturated heterocycles. The first-order valence-electron chi connectivity index (χ1n) is 14.9. The van der Waals surface area contributed by atoms with Gasteiger partial charge >= 0.3 is 0 Å². The van der Waals surface area contributed by atoms with E-state index in [9.17, 15) is 22.4 Å². The molecule has 4 aromatic carbocycles. The van der Waals surface area contributed by atoms with Crippen molar-refractivity contribution < 1.29 is 22.4 Å². The number of rotatable bonds is 12. The zero-order valence-corrected chi connectivity index (χ0v) is 27.1. The quantitative estimate of drug-likeness (QED) is 0.205. The number of benzene rings is 4. The van der Waals surface area contributed by atoms with Crippen LogP contribution >= 0.6 is 0 Å². The molecule has 1 atom stereocenters. The average Bonchev–Trinajstić information content (AvgIpc) is 3.00. The smallest absolute Gasteiger partial charge is 0.264 e. The maximum absolute atomic E-state index is 14.5. The number of nitrogens with zero attached hydrogens (tertiary/aromatic N) is 2. The topological polar surface area (TPSA) is 86.8 Å². The molecule has 0 unspecified atom stereocenters. The molecular formula is C36H40FN3O4S. The number of hydrogen-bond donors (Lipinski definition) is 1. The SMILES string of the molecule is Cc1ccc(S(=O)(=O)N(CC(=O)N(Cc2ccc(F)cc2)[C@@H](Cc2ccccc2)C(=O)NC(C)C)c2ccc(C)c(C)c2)cc1. The van der Waals surface area contributed by atoms with Gasteiger partial charge in [0.1, 0.15) is 18.4 Å². The van der Waals surface area contributed by atoms with Crippen molar-refractivity contribution in [2.24, 2.45) is 0 Å². The van der Waals surface area contributed by atoms with E-state index in [2.05, 4.69) is 5.32 Å². The van der Waals surface area contributed by atoms with Crippen LogP contribution in [0.4, 0.5) is 10.1 Å². The number of halogens is 1. The lowest BCUT2D eigenvalue weighted by Crippen LogP contribution is -2.54. The Bertz CT molecular complexity index is 1720. The second kappa shape index (κ2) is 14.5. The Balaban J connectivity index is 1.82. The van der Waals surface area contributed by atoms with E-state index in [-0.39, 0.29) is 29.8 Å². The lowest BCUT2D eigenvalue weighted by atomic mass is 10.0. The second-order valence-electron chi connectivity index (χ2n) is 11.6. The molecule has 2 amide bonds. The van der Waals surface area contributed by atoms with Gasteiger partial charge in [-0.3, -0.25) is 13.9 Å². The van der Waals surface area contributed by atoms with Crippen molar-refractivity contribution in [3.05, 3.63) is 131 Å².